The average molecular weight is 884 g/mol. The molecule has 0 bridgehead atoms. The number of rotatable bonds is 9. The van der Waals surface area contributed by atoms with E-state index in [-0.39, 0.29) is 0 Å². The smallest absolute Gasteiger partial charge is 0.160 e. The highest BCUT2D eigenvalue weighted by Crippen LogP contribution is 2.42. The van der Waals surface area contributed by atoms with E-state index in [9.17, 15) is 0 Å². The predicted octanol–water partition coefficient (Wildman–Crippen LogP) is 16.3. The lowest BCUT2D eigenvalue weighted by molar-refractivity contribution is 1.15. The zero-order chi connectivity index (χ0) is 46.3. The van der Waals surface area contributed by atoms with Crippen molar-refractivity contribution in [1.29, 1.82) is 0 Å². The van der Waals surface area contributed by atoms with Crippen LogP contribution in [0.15, 0.2) is 237 Å². The van der Waals surface area contributed by atoms with Gasteiger partial charge in [-0.2, -0.15) is 0 Å². The van der Waals surface area contributed by atoms with E-state index in [1.807, 2.05) is 48.5 Å². The number of benzene rings is 9. The van der Waals surface area contributed by atoms with Gasteiger partial charge in [0.2, 0.25) is 0 Å². The van der Waals surface area contributed by atoms with E-state index in [1.54, 1.807) is 0 Å². The van der Waals surface area contributed by atoms with Crippen LogP contribution in [-0.4, -0.2) is 24.5 Å². The first-order chi connectivity index (χ1) is 34.0. The fourth-order valence-corrected chi connectivity index (χ4v) is 9.51. The number of hydrogen-bond donors (Lipinski definition) is 0. The van der Waals surface area contributed by atoms with Crippen molar-refractivity contribution in [3.05, 3.63) is 248 Å². The number of hydrogen-bond acceptors (Lipinski definition) is 4. The molecule has 0 spiro atoms. The number of aromatic nitrogens is 5. The molecule has 0 fully saturated rings. The lowest BCUT2D eigenvalue weighted by atomic mass is 9.99. The topological polar surface area (TPSA) is 56.5 Å². The molecule has 12 aromatic rings. The van der Waals surface area contributed by atoms with Gasteiger partial charge in [-0.25, -0.2) is 19.9 Å². The third-order valence-corrected chi connectivity index (χ3v) is 12.9. The summed E-state index contributed by atoms with van der Waals surface area (Å²) in [6, 6.07) is 83.5. The summed E-state index contributed by atoms with van der Waals surface area (Å²) >= 11 is 0. The van der Waals surface area contributed by atoms with Crippen LogP contribution >= 0.6 is 0 Å². The molecule has 0 unspecified atom stereocenters. The minimum Gasteiger partial charge on any atom is -0.309 e. The van der Waals surface area contributed by atoms with Crippen LogP contribution in [0, 0.1) is 13.8 Å². The van der Waals surface area contributed by atoms with Crippen LogP contribution in [-0.2, 0) is 0 Å². The summed E-state index contributed by atoms with van der Waals surface area (Å²) in [7, 11) is 0. The van der Waals surface area contributed by atoms with Gasteiger partial charge in [0.15, 0.2) is 11.6 Å². The van der Waals surface area contributed by atoms with Crippen molar-refractivity contribution in [2.45, 2.75) is 13.8 Å². The van der Waals surface area contributed by atoms with E-state index in [0.29, 0.717) is 11.6 Å². The van der Waals surface area contributed by atoms with Crippen molar-refractivity contribution in [3.8, 4) is 95.7 Å². The molecule has 0 aliphatic carbocycles. The molecule has 0 aliphatic rings. The van der Waals surface area contributed by atoms with Crippen molar-refractivity contribution >= 4 is 21.8 Å². The summed E-state index contributed by atoms with van der Waals surface area (Å²) in [4.78, 5) is 21.2. The molecule has 0 amide bonds. The fourth-order valence-electron chi connectivity index (χ4n) is 9.51. The van der Waals surface area contributed by atoms with Gasteiger partial charge < -0.3 is 4.57 Å². The summed E-state index contributed by atoms with van der Waals surface area (Å²) in [5.41, 5.74) is 19.3. The van der Waals surface area contributed by atoms with Gasteiger partial charge in [-0.1, -0.05) is 211 Å². The van der Waals surface area contributed by atoms with E-state index in [2.05, 4.69) is 206 Å². The van der Waals surface area contributed by atoms with Crippen LogP contribution in [0.1, 0.15) is 11.1 Å². The molecule has 5 nitrogen and oxygen atoms in total. The van der Waals surface area contributed by atoms with Crippen molar-refractivity contribution in [2.75, 3.05) is 0 Å². The van der Waals surface area contributed by atoms with Gasteiger partial charge in [0, 0.05) is 44.2 Å². The Hall–Kier alpha value is -9.06. The van der Waals surface area contributed by atoms with Gasteiger partial charge in [0.05, 0.1) is 39.5 Å². The Morgan fingerprint density at radius 1 is 0.275 bits per heavy atom. The summed E-state index contributed by atoms with van der Waals surface area (Å²) in [6.45, 7) is 4.30. The zero-order valence-corrected chi connectivity index (χ0v) is 38.3. The number of fused-ring (bicyclic) bond motifs is 3. The molecule has 9 aromatic carbocycles. The van der Waals surface area contributed by atoms with Gasteiger partial charge in [-0.3, -0.25) is 0 Å². The normalized spacial score (nSPS) is 11.3. The summed E-state index contributed by atoms with van der Waals surface area (Å²) in [6.07, 6.45) is 0. The minimum atomic E-state index is 0.647. The van der Waals surface area contributed by atoms with Crippen LogP contribution in [0.4, 0.5) is 0 Å². The number of nitrogens with zero attached hydrogens (tertiary/aromatic N) is 5. The molecule has 326 valence electrons. The molecule has 3 aromatic heterocycles. The van der Waals surface area contributed by atoms with Crippen molar-refractivity contribution in [1.82, 2.24) is 24.5 Å². The Morgan fingerprint density at radius 2 is 0.652 bits per heavy atom. The lowest BCUT2D eigenvalue weighted by Gasteiger charge is -2.18. The first-order valence-corrected chi connectivity index (χ1v) is 23.4. The van der Waals surface area contributed by atoms with Crippen molar-refractivity contribution in [3.63, 3.8) is 0 Å². The highest BCUT2D eigenvalue weighted by molar-refractivity contribution is 6.12. The predicted molar refractivity (Wildman–Crippen MR) is 285 cm³/mol. The highest BCUT2D eigenvalue weighted by atomic mass is 15.0. The third-order valence-electron chi connectivity index (χ3n) is 12.9. The second kappa shape index (κ2) is 17.6. The Labute approximate surface area is 401 Å². The van der Waals surface area contributed by atoms with Gasteiger partial charge in [0.1, 0.15) is 0 Å². The van der Waals surface area contributed by atoms with Crippen LogP contribution in [0.5, 0.6) is 0 Å². The highest BCUT2D eigenvalue weighted by Gasteiger charge is 2.22. The van der Waals surface area contributed by atoms with E-state index < -0.39 is 0 Å². The Morgan fingerprint density at radius 3 is 1.12 bits per heavy atom. The first-order valence-electron chi connectivity index (χ1n) is 23.4. The molecule has 0 saturated heterocycles. The molecule has 0 atom stereocenters. The Balaban J connectivity index is 1.18. The molecule has 0 N–H and O–H groups in total. The lowest BCUT2D eigenvalue weighted by Crippen LogP contribution is -2.02. The minimum absolute atomic E-state index is 0.647. The molecule has 12 rings (SSSR count). The Kier molecular flexibility index (Phi) is 10.6. The van der Waals surface area contributed by atoms with Crippen LogP contribution in [0.2, 0.25) is 0 Å². The molecular weight excluding hydrogens is 839 g/mol. The van der Waals surface area contributed by atoms with Crippen LogP contribution < -0.4 is 0 Å². The molecule has 0 saturated carbocycles. The molecule has 0 radical (unpaired) electrons. The Bertz CT molecular complexity index is 3620. The van der Waals surface area contributed by atoms with Crippen LogP contribution in [0.3, 0.4) is 0 Å². The molecule has 3 heterocycles. The summed E-state index contributed by atoms with van der Waals surface area (Å²) in [5.74, 6) is 1.31. The van der Waals surface area contributed by atoms with E-state index >= 15 is 0 Å². The van der Waals surface area contributed by atoms with Gasteiger partial charge in [-0.05, 0) is 72.5 Å². The van der Waals surface area contributed by atoms with E-state index in [0.717, 1.165) is 84.0 Å². The van der Waals surface area contributed by atoms with E-state index in [1.165, 1.54) is 33.0 Å². The summed E-state index contributed by atoms with van der Waals surface area (Å²) < 4.78 is 2.44. The second-order valence-corrected chi connectivity index (χ2v) is 17.7. The maximum atomic E-state index is 5.49. The molecule has 0 aliphatic heterocycles. The van der Waals surface area contributed by atoms with Crippen molar-refractivity contribution in [2.24, 2.45) is 0 Å². The van der Waals surface area contributed by atoms with Crippen molar-refractivity contribution < 1.29 is 0 Å². The maximum Gasteiger partial charge on any atom is 0.160 e. The average Bonchev–Trinajstić information content (AvgIpc) is 3.74. The maximum absolute atomic E-state index is 5.49. The second-order valence-electron chi connectivity index (χ2n) is 17.7. The quantitative estimate of drug-likeness (QED) is 0.145. The fraction of sp³-hybridized carbons (Fsp3) is 0.0312. The van der Waals surface area contributed by atoms with E-state index in [4.69, 9.17) is 19.9 Å². The zero-order valence-electron chi connectivity index (χ0n) is 38.3. The SMILES string of the molecule is Cc1cccc(-c2ccc3c4ccc(-c5cccc(C)c5)cc4n(-c4ccc(-c5cc(-c6ccccc6)nc(-c6ccccc6)n5)cc4-c4cc(-c5ccccc5)nc(-c5ccccc5)n4)c3c2)c1. The third kappa shape index (κ3) is 8.06. The van der Waals surface area contributed by atoms with Gasteiger partial charge in [-0.15, -0.1) is 0 Å². The standard InChI is InChI=1S/C64H45N5/c1-42-17-15-27-48(35-42)50-29-32-53-54-33-30-51(49-28-16-18-43(2)36-49)39-62(54)69(61(53)38-50)60-34-31-52(58-40-56(44-19-7-3-8-20-44)65-63(67-58)46-23-11-5-12-24-46)37-55(60)59-41-57(45-21-9-4-10-22-45)66-64(68-59)47-25-13-6-14-26-47/h3-41H,1-2H3. The number of aryl methyl sites for hydroxylation is 2. The first kappa shape index (κ1) is 41.4. The molecule has 5 heteroatoms. The van der Waals surface area contributed by atoms with Crippen LogP contribution in [0.25, 0.3) is 118 Å². The monoisotopic (exact) mass is 883 g/mol. The molecule has 69 heavy (non-hydrogen) atoms. The van der Waals surface area contributed by atoms with Gasteiger partial charge in [0.25, 0.3) is 0 Å². The largest absolute Gasteiger partial charge is 0.309 e. The van der Waals surface area contributed by atoms with Gasteiger partial charge >= 0.3 is 0 Å². The molecular formula is C64H45N5. The summed E-state index contributed by atoms with van der Waals surface area (Å²) in [5, 5.41) is 2.33.